The minimum atomic E-state index is -0.0467. The second kappa shape index (κ2) is 7.49. The van der Waals surface area contributed by atoms with Gasteiger partial charge in [0.15, 0.2) is 0 Å². The smallest absolute Gasteiger partial charge is 0.263 e. The molecule has 2 heterocycles. The summed E-state index contributed by atoms with van der Waals surface area (Å²) in [6.45, 7) is 4.93. The van der Waals surface area contributed by atoms with E-state index in [2.05, 4.69) is 15.2 Å². The highest BCUT2D eigenvalue weighted by Crippen LogP contribution is 2.24. The lowest BCUT2D eigenvalue weighted by Gasteiger charge is -2.26. The second-order valence-electron chi connectivity index (χ2n) is 5.11. The van der Waals surface area contributed by atoms with Gasteiger partial charge in [-0.15, -0.1) is 11.3 Å². The Morgan fingerprint density at radius 1 is 1.27 bits per heavy atom. The van der Waals surface area contributed by atoms with Crippen molar-refractivity contribution in [2.75, 3.05) is 39.4 Å². The molecule has 116 valence electrons. The van der Waals surface area contributed by atoms with Crippen LogP contribution >= 0.6 is 11.3 Å². The fourth-order valence-electron chi connectivity index (χ4n) is 2.44. The molecule has 1 amide bonds. The van der Waals surface area contributed by atoms with Crippen LogP contribution in [-0.2, 0) is 4.74 Å². The van der Waals surface area contributed by atoms with E-state index in [1.165, 1.54) is 11.3 Å². The van der Waals surface area contributed by atoms with Crippen molar-refractivity contribution in [3.8, 4) is 11.3 Å². The number of hydrogen-bond acceptors (Lipinski definition) is 5. The van der Waals surface area contributed by atoms with E-state index in [-0.39, 0.29) is 5.91 Å². The largest absolute Gasteiger partial charge is 0.379 e. The zero-order valence-corrected chi connectivity index (χ0v) is 13.1. The summed E-state index contributed by atoms with van der Waals surface area (Å²) in [7, 11) is 0. The summed E-state index contributed by atoms with van der Waals surface area (Å²) in [5.74, 6) is -0.0467. The predicted octanol–water partition coefficient (Wildman–Crippen LogP) is 1.87. The van der Waals surface area contributed by atoms with Crippen LogP contribution in [0, 0.1) is 0 Å². The van der Waals surface area contributed by atoms with E-state index in [1.54, 1.807) is 5.51 Å². The van der Waals surface area contributed by atoms with Crippen LogP contribution in [0.5, 0.6) is 0 Å². The van der Waals surface area contributed by atoms with Gasteiger partial charge in [0.2, 0.25) is 0 Å². The van der Waals surface area contributed by atoms with Crippen LogP contribution in [0.4, 0.5) is 0 Å². The van der Waals surface area contributed by atoms with Gasteiger partial charge in [-0.05, 0) is 0 Å². The Morgan fingerprint density at radius 2 is 2.05 bits per heavy atom. The number of carbonyl (C=O) groups is 1. The SMILES string of the molecule is O=C(NCCN1CCOCC1)c1scnc1-c1ccccc1. The van der Waals surface area contributed by atoms with Crippen LogP contribution in [0.15, 0.2) is 35.8 Å². The minimum absolute atomic E-state index is 0.0467. The van der Waals surface area contributed by atoms with E-state index >= 15 is 0 Å². The number of benzene rings is 1. The number of carbonyl (C=O) groups excluding carboxylic acids is 1. The molecule has 0 bridgehead atoms. The van der Waals surface area contributed by atoms with Crippen molar-refractivity contribution in [2.24, 2.45) is 0 Å². The van der Waals surface area contributed by atoms with Gasteiger partial charge >= 0.3 is 0 Å². The summed E-state index contributed by atoms with van der Waals surface area (Å²) >= 11 is 1.38. The molecule has 1 aliphatic rings. The average molecular weight is 317 g/mol. The summed E-state index contributed by atoms with van der Waals surface area (Å²) in [5, 5.41) is 2.99. The maximum absolute atomic E-state index is 12.4. The molecular formula is C16H19N3O2S. The number of thiazole rings is 1. The van der Waals surface area contributed by atoms with Crippen molar-refractivity contribution in [3.05, 3.63) is 40.7 Å². The molecule has 1 aromatic heterocycles. The zero-order valence-electron chi connectivity index (χ0n) is 12.3. The van der Waals surface area contributed by atoms with Crippen molar-refractivity contribution >= 4 is 17.2 Å². The highest BCUT2D eigenvalue weighted by Gasteiger charge is 2.16. The summed E-state index contributed by atoms with van der Waals surface area (Å²) in [5.41, 5.74) is 3.45. The third-order valence-corrected chi connectivity index (χ3v) is 4.46. The Labute approximate surface area is 133 Å². The van der Waals surface area contributed by atoms with Gasteiger partial charge in [0, 0.05) is 31.7 Å². The van der Waals surface area contributed by atoms with E-state index in [0.29, 0.717) is 11.4 Å². The van der Waals surface area contributed by atoms with Gasteiger partial charge in [-0.25, -0.2) is 4.98 Å². The van der Waals surface area contributed by atoms with Crippen molar-refractivity contribution in [1.29, 1.82) is 0 Å². The Balaban J connectivity index is 1.58. The Bertz CT molecular complexity index is 609. The number of morpholine rings is 1. The molecule has 0 aliphatic carbocycles. The van der Waals surface area contributed by atoms with E-state index in [1.807, 2.05) is 30.3 Å². The molecule has 5 nitrogen and oxygen atoms in total. The number of aromatic nitrogens is 1. The molecule has 1 fully saturated rings. The Kier molecular flexibility index (Phi) is 5.15. The minimum Gasteiger partial charge on any atom is -0.379 e. The lowest BCUT2D eigenvalue weighted by atomic mass is 10.1. The van der Waals surface area contributed by atoms with Gasteiger partial charge in [0.1, 0.15) is 4.88 Å². The highest BCUT2D eigenvalue weighted by atomic mass is 32.1. The van der Waals surface area contributed by atoms with Crippen molar-refractivity contribution in [1.82, 2.24) is 15.2 Å². The molecule has 22 heavy (non-hydrogen) atoms. The van der Waals surface area contributed by atoms with E-state index in [0.717, 1.165) is 44.1 Å². The first-order valence-corrected chi connectivity index (χ1v) is 8.30. The fraction of sp³-hybridized carbons (Fsp3) is 0.375. The number of ether oxygens (including phenoxy) is 1. The molecule has 1 N–H and O–H groups in total. The first kappa shape index (κ1) is 15.1. The average Bonchev–Trinajstić information content (AvgIpc) is 3.06. The molecule has 1 aromatic carbocycles. The number of hydrogen-bond donors (Lipinski definition) is 1. The standard InChI is InChI=1S/C16H19N3O2S/c20-16(17-6-7-19-8-10-21-11-9-19)15-14(18-12-22-15)13-4-2-1-3-5-13/h1-5,12H,6-11H2,(H,17,20). The fourth-order valence-corrected chi connectivity index (χ4v) is 3.17. The molecule has 2 aromatic rings. The zero-order chi connectivity index (χ0) is 15.2. The number of amides is 1. The maximum atomic E-state index is 12.4. The Hall–Kier alpha value is -1.76. The monoisotopic (exact) mass is 317 g/mol. The maximum Gasteiger partial charge on any atom is 0.263 e. The van der Waals surface area contributed by atoms with Crippen molar-refractivity contribution in [3.63, 3.8) is 0 Å². The molecule has 6 heteroatoms. The third kappa shape index (κ3) is 3.71. The molecule has 0 spiro atoms. The summed E-state index contributed by atoms with van der Waals surface area (Å²) < 4.78 is 5.32. The second-order valence-corrected chi connectivity index (χ2v) is 5.96. The van der Waals surface area contributed by atoms with Crippen LogP contribution in [0.2, 0.25) is 0 Å². The lowest BCUT2D eigenvalue weighted by Crippen LogP contribution is -2.41. The Morgan fingerprint density at radius 3 is 2.82 bits per heavy atom. The first-order valence-electron chi connectivity index (χ1n) is 7.42. The van der Waals surface area contributed by atoms with Gasteiger partial charge in [-0.1, -0.05) is 30.3 Å². The van der Waals surface area contributed by atoms with Crippen LogP contribution in [0.3, 0.4) is 0 Å². The summed E-state index contributed by atoms with van der Waals surface area (Å²) in [6.07, 6.45) is 0. The normalized spacial score (nSPS) is 15.6. The van der Waals surface area contributed by atoms with Gasteiger partial charge in [-0.2, -0.15) is 0 Å². The van der Waals surface area contributed by atoms with Crippen LogP contribution in [0.25, 0.3) is 11.3 Å². The molecule has 0 unspecified atom stereocenters. The van der Waals surface area contributed by atoms with Crippen LogP contribution in [0.1, 0.15) is 9.67 Å². The number of nitrogens with one attached hydrogen (secondary N) is 1. The highest BCUT2D eigenvalue weighted by molar-refractivity contribution is 7.12. The molecule has 3 rings (SSSR count). The quantitative estimate of drug-likeness (QED) is 0.915. The molecule has 1 saturated heterocycles. The molecular weight excluding hydrogens is 298 g/mol. The molecule has 0 atom stereocenters. The molecule has 0 radical (unpaired) electrons. The summed E-state index contributed by atoms with van der Waals surface area (Å²) in [4.78, 5) is 19.7. The third-order valence-electron chi connectivity index (χ3n) is 3.64. The lowest BCUT2D eigenvalue weighted by molar-refractivity contribution is 0.0383. The van der Waals surface area contributed by atoms with E-state index in [9.17, 15) is 4.79 Å². The van der Waals surface area contributed by atoms with Gasteiger partial charge in [0.05, 0.1) is 24.4 Å². The van der Waals surface area contributed by atoms with Gasteiger partial charge in [-0.3, -0.25) is 9.69 Å². The molecule has 0 saturated carbocycles. The molecule has 1 aliphatic heterocycles. The number of nitrogens with zero attached hydrogens (tertiary/aromatic N) is 2. The van der Waals surface area contributed by atoms with Crippen LogP contribution < -0.4 is 5.32 Å². The van der Waals surface area contributed by atoms with Gasteiger partial charge in [0.25, 0.3) is 5.91 Å². The van der Waals surface area contributed by atoms with Crippen molar-refractivity contribution in [2.45, 2.75) is 0 Å². The van der Waals surface area contributed by atoms with Gasteiger partial charge < -0.3 is 10.1 Å². The van der Waals surface area contributed by atoms with Crippen LogP contribution in [-0.4, -0.2) is 55.2 Å². The predicted molar refractivity (Wildman–Crippen MR) is 87.1 cm³/mol. The number of rotatable bonds is 5. The summed E-state index contributed by atoms with van der Waals surface area (Å²) in [6, 6.07) is 9.81. The topological polar surface area (TPSA) is 54.5 Å². The van der Waals surface area contributed by atoms with E-state index < -0.39 is 0 Å². The first-order chi connectivity index (χ1) is 10.8. The van der Waals surface area contributed by atoms with Crippen molar-refractivity contribution < 1.29 is 9.53 Å². The van der Waals surface area contributed by atoms with E-state index in [4.69, 9.17) is 4.74 Å².